The van der Waals surface area contributed by atoms with Crippen LogP contribution in [0.3, 0.4) is 0 Å². The summed E-state index contributed by atoms with van der Waals surface area (Å²) >= 11 is 5.83. The molecule has 0 bridgehead atoms. The highest BCUT2D eigenvalue weighted by Crippen LogP contribution is 2.30. The van der Waals surface area contributed by atoms with Gasteiger partial charge in [-0.05, 0) is 36.4 Å². The lowest BCUT2D eigenvalue weighted by Gasteiger charge is -2.18. The number of imide groups is 1. The predicted molar refractivity (Wildman–Crippen MR) is 85.4 cm³/mol. The number of anilines is 1. The van der Waals surface area contributed by atoms with Crippen molar-refractivity contribution in [3.05, 3.63) is 53.1 Å². The molecule has 0 atom stereocenters. The van der Waals surface area contributed by atoms with E-state index in [9.17, 15) is 9.59 Å². The zero-order chi connectivity index (χ0) is 16.2. The number of urea groups is 1. The molecule has 3 rings (SSSR count). The second kappa shape index (κ2) is 6.58. The molecule has 0 fully saturated rings. The van der Waals surface area contributed by atoms with Gasteiger partial charge in [0.1, 0.15) is 13.2 Å². The van der Waals surface area contributed by atoms with E-state index in [0.717, 1.165) is 0 Å². The molecule has 0 spiro atoms. The normalized spacial score (nSPS) is 12.4. The number of fused-ring (bicyclic) bond motifs is 1. The minimum absolute atomic E-state index is 0.301. The third-order valence-corrected chi connectivity index (χ3v) is 3.35. The molecule has 6 nitrogen and oxygen atoms in total. The molecule has 0 unspecified atom stereocenters. The van der Waals surface area contributed by atoms with Crippen LogP contribution in [0.2, 0.25) is 5.02 Å². The summed E-state index contributed by atoms with van der Waals surface area (Å²) in [6.45, 7) is 0.897. The SMILES string of the molecule is O=C(NC(=O)c1ccc2c(c1)OCCO2)Nc1cccc(Cl)c1. The van der Waals surface area contributed by atoms with Gasteiger partial charge in [0.15, 0.2) is 11.5 Å². The van der Waals surface area contributed by atoms with Gasteiger partial charge in [-0.3, -0.25) is 10.1 Å². The number of carbonyl (C=O) groups is 2. The van der Waals surface area contributed by atoms with Crippen molar-refractivity contribution in [2.75, 3.05) is 18.5 Å². The van der Waals surface area contributed by atoms with Crippen molar-refractivity contribution >= 4 is 29.2 Å². The van der Waals surface area contributed by atoms with Gasteiger partial charge in [0.05, 0.1) is 0 Å². The van der Waals surface area contributed by atoms with Crippen molar-refractivity contribution in [2.24, 2.45) is 0 Å². The van der Waals surface area contributed by atoms with Crippen LogP contribution in [0.1, 0.15) is 10.4 Å². The van der Waals surface area contributed by atoms with Crippen molar-refractivity contribution in [2.45, 2.75) is 0 Å². The molecule has 1 aliphatic heterocycles. The van der Waals surface area contributed by atoms with Gasteiger partial charge in [-0.1, -0.05) is 17.7 Å². The highest BCUT2D eigenvalue weighted by molar-refractivity contribution is 6.30. The molecule has 2 aromatic carbocycles. The number of carbonyl (C=O) groups excluding carboxylic acids is 2. The second-order valence-corrected chi connectivity index (χ2v) is 5.21. The predicted octanol–water partition coefficient (Wildman–Crippen LogP) is 3.07. The quantitative estimate of drug-likeness (QED) is 0.886. The number of rotatable bonds is 2. The zero-order valence-electron chi connectivity index (χ0n) is 12.0. The minimum atomic E-state index is -0.646. The number of halogens is 1. The van der Waals surface area contributed by atoms with E-state index in [1.54, 1.807) is 36.4 Å². The number of amides is 3. The highest BCUT2D eigenvalue weighted by atomic mass is 35.5. The third-order valence-electron chi connectivity index (χ3n) is 3.11. The summed E-state index contributed by atoms with van der Waals surface area (Å²) in [5, 5.41) is 5.26. The Morgan fingerprint density at radius 2 is 1.78 bits per heavy atom. The lowest BCUT2D eigenvalue weighted by molar-refractivity contribution is 0.0966. The maximum absolute atomic E-state index is 12.1. The number of hydrogen-bond donors (Lipinski definition) is 2. The fourth-order valence-corrected chi connectivity index (χ4v) is 2.28. The molecule has 7 heteroatoms. The smallest absolute Gasteiger partial charge is 0.326 e. The zero-order valence-corrected chi connectivity index (χ0v) is 12.7. The summed E-state index contributed by atoms with van der Waals surface area (Å²) in [6.07, 6.45) is 0. The van der Waals surface area contributed by atoms with Crippen LogP contribution in [0.15, 0.2) is 42.5 Å². The Bertz CT molecular complexity index is 763. The van der Waals surface area contributed by atoms with E-state index in [4.69, 9.17) is 21.1 Å². The van der Waals surface area contributed by atoms with Gasteiger partial charge in [-0.2, -0.15) is 0 Å². The van der Waals surface area contributed by atoms with Crippen LogP contribution in [-0.4, -0.2) is 25.2 Å². The summed E-state index contributed by atoms with van der Waals surface area (Å²) in [5.41, 5.74) is 0.792. The molecule has 0 radical (unpaired) electrons. The fourth-order valence-electron chi connectivity index (χ4n) is 2.09. The first-order valence-electron chi connectivity index (χ1n) is 6.89. The maximum atomic E-state index is 12.1. The van der Waals surface area contributed by atoms with Gasteiger partial charge in [0.25, 0.3) is 5.91 Å². The molecule has 0 aromatic heterocycles. The molecule has 0 saturated heterocycles. The number of hydrogen-bond acceptors (Lipinski definition) is 4. The van der Waals surface area contributed by atoms with E-state index in [-0.39, 0.29) is 0 Å². The first kappa shape index (κ1) is 15.2. The molecular formula is C16H13ClN2O4. The van der Waals surface area contributed by atoms with Crippen LogP contribution >= 0.6 is 11.6 Å². The molecule has 2 aromatic rings. The van der Waals surface area contributed by atoms with Gasteiger partial charge in [0, 0.05) is 16.3 Å². The van der Waals surface area contributed by atoms with Crippen LogP contribution < -0.4 is 20.1 Å². The summed E-state index contributed by atoms with van der Waals surface area (Å²) in [6, 6.07) is 10.7. The molecule has 0 aliphatic carbocycles. The molecule has 23 heavy (non-hydrogen) atoms. The van der Waals surface area contributed by atoms with Gasteiger partial charge in [0.2, 0.25) is 0 Å². The van der Waals surface area contributed by atoms with E-state index in [1.165, 1.54) is 6.07 Å². The van der Waals surface area contributed by atoms with Crippen LogP contribution in [-0.2, 0) is 0 Å². The number of ether oxygens (including phenoxy) is 2. The standard InChI is InChI=1S/C16H13ClN2O4/c17-11-2-1-3-12(9-11)18-16(21)19-15(20)10-4-5-13-14(8-10)23-7-6-22-13/h1-5,8-9H,6-7H2,(H2,18,19,20,21). The molecule has 1 heterocycles. The second-order valence-electron chi connectivity index (χ2n) is 4.78. The van der Waals surface area contributed by atoms with Crippen LogP contribution in [0.5, 0.6) is 11.5 Å². The first-order valence-corrected chi connectivity index (χ1v) is 7.27. The Morgan fingerprint density at radius 1 is 1.00 bits per heavy atom. The first-order chi connectivity index (χ1) is 11.1. The van der Waals surface area contributed by atoms with E-state index < -0.39 is 11.9 Å². The van der Waals surface area contributed by atoms with Gasteiger partial charge >= 0.3 is 6.03 Å². The van der Waals surface area contributed by atoms with Crippen LogP contribution in [0, 0.1) is 0 Å². The Hall–Kier alpha value is -2.73. The van der Waals surface area contributed by atoms with Gasteiger partial charge in [-0.25, -0.2) is 4.79 Å². The highest BCUT2D eigenvalue weighted by Gasteiger charge is 2.16. The van der Waals surface area contributed by atoms with E-state index >= 15 is 0 Å². The van der Waals surface area contributed by atoms with Crippen LogP contribution in [0.4, 0.5) is 10.5 Å². The van der Waals surface area contributed by atoms with Gasteiger partial charge < -0.3 is 14.8 Å². The van der Waals surface area contributed by atoms with Crippen molar-refractivity contribution < 1.29 is 19.1 Å². The number of benzene rings is 2. The molecule has 3 amide bonds. The van der Waals surface area contributed by atoms with E-state index in [0.29, 0.717) is 41.0 Å². The summed E-state index contributed by atoms with van der Waals surface area (Å²) in [5.74, 6) is 0.525. The molecule has 2 N–H and O–H groups in total. The van der Waals surface area contributed by atoms with Crippen molar-refractivity contribution in [3.63, 3.8) is 0 Å². The van der Waals surface area contributed by atoms with Crippen molar-refractivity contribution in [1.82, 2.24) is 5.32 Å². The summed E-state index contributed by atoms with van der Waals surface area (Å²) in [4.78, 5) is 24.0. The molecular weight excluding hydrogens is 320 g/mol. The minimum Gasteiger partial charge on any atom is -0.486 e. The molecule has 1 aliphatic rings. The fraction of sp³-hybridized carbons (Fsp3) is 0.125. The lowest BCUT2D eigenvalue weighted by Crippen LogP contribution is -2.34. The lowest BCUT2D eigenvalue weighted by atomic mass is 10.2. The largest absolute Gasteiger partial charge is 0.486 e. The monoisotopic (exact) mass is 332 g/mol. The average Bonchev–Trinajstić information content (AvgIpc) is 2.54. The topological polar surface area (TPSA) is 76.7 Å². The summed E-state index contributed by atoms with van der Waals surface area (Å²) in [7, 11) is 0. The average molecular weight is 333 g/mol. The Morgan fingerprint density at radius 3 is 2.57 bits per heavy atom. The van der Waals surface area contributed by atoms with Crippen molar-refractivity contribution in [3.8, 4) is 11.5 Å². The van der Waals surface area contributed by atoms with Crippen molar-refractivity contribution in [1.29, 1.82) is 0 Å². The third kappa shape index (κ3) is 3.73. The molecule has 118 valence electrons. The summed E-state index contributed by atoms with van der Waals surface area (Å²) < 4.78 is 10.8. The Balaban J connectivity index is 1.65. The van der Waals surface area contributed by atoms with Crippen LogP contribution in [0.25, 0.3) is 0 Å². The Labute approximate surface area is 137 Å². The van der Waals surface area contributed by atoms with E-state index in [2.05, 4.69) is 10.6 Å². The van der Waals surface area contributed by atoms with E-state index in [1.807, 2.05) is 0 Å². The number of nitrogens with one attached hydrogen (secondary N) is 2. The van der Waals surface area contributed by atoms with Gasteiger partial charge in [-0.15, -0.1) is 0 Å². The Kier molecular flexibility index (Phi) is 4.34. The molecule has 0 saturated carbocycles. The maximum Gasteiger partial charge on any atom is 0.326 e.